The van der Waals surface area contributed by atoms with Crippen molar-refractivity contribution in [3.63, 3.8) is 0 Å². The molecule has 2 aromatic rings. The van der Waals surface area contributed by atoms with E-state index in [9.17, 15) is 9.59 Å². The van der Waals surface area contributed by atoms with Crippen LogP contribution in [-0.4, -0.2) is 23.8 Å². The smallest absolute Gasteiger partial charge is 0.325 e. The third-order valence-corrected chi connectivity index (χ3v) is 2.86. The lowest BCUT2D eigenvalue weighted by molar-refractivity contribution is -0.143. The van der Waals surface area contributed by atoms with E-state index < -0.39 is 0 Å². The second-order valence-electron chi connectivity index (χ2n) is 4.22. The summed E-state index contributed by atoms with van der Waals surface area (Å²) in [7, 11) is 0. The van der Waals surface area contributed by atoms with E-state index in [0.717, 1.165) is 0 Å². The van der Waals surface area contributed by atoms with Gasteiger partial charge >= 0.3 is 5.97 Å². The molecule has 1 heterocycles. The highest BCUT2D eigenvalue weighted by Crippen LogP contribution is 2.18. The minimum Gasteiger partial charge on any atom is -0.494 e. The largest absolute Gasteiger partial charge is 0.494 e. The highest BCUT2D eigenvalue weighted by Gasteiger charge is 2.08. The molecule has 0 unspecified atom stereocenters. The molecule has 0 saturated carbocycles. The highest BCUT2D eigenvalue weighted by atomic mass is 16.5. The molecule has 0 N–H and O–H groups in total. The van der Waals surface area contributed by atoms with Crippen molar-refractivity contribution >= 4 is 16.9 Å². The number of nitrogens with zero attached hydrogens (tertiary/aromatic N) is 1. The molecule has 0 radical (unpaired) electrons. The van der Waals surface area contributed by atoms with Crippen molar-refractivity contribution in [2.24, 2.45) is 0 Å². The third-order valence-electron chi connectivity index (χ3n) is 2.86. The van der Waals surface area contributed by atoms with Crippen molar-refractivity contribution < 1.29 is 14.3 Å². The Morgan fingerprint density at radius 3 is 2.70 bits per heavy atom. The Kier molecular flexibility index (Phi) is 4.40. The number of hydrogen-bond acceptors (Lipinski definition) is 4. The Morgan fingerprint density at radius 1 is 1.20 bits per heavy atom. The third kappa shape index (κ3) is 2.99. The summed E-state index contributed by atoms with van der Waals surface area (Å²) in [5.41, 5.74) is 0.593. The molecule has 1 aromatic heterocycles. The van der Waals surface area contributed by atoms with Crippen molar-refractivity contribution in [3.8, 4) is 5.75 Å². The number of benzene rings is 1. The van der Waals surface area contributed by atoms with Crippen LogP contribution in [0.25, 0.3) is 10.9 Å². The van der Waals surface area contributed by atoms with Gasteiger partial charge in [-0.05, 0) is 32.0 Å². The van der Waals surface area contributed by atoms with Gasteiger partial charge in [0.1, 0.15) is 12.3 Å². The van der Waals surface area contributed by atoms with E-state index in [0.29, 0.717) is 29.9 Å². The lowest BCUT2D eigenvalue weighted by Gasteiger charge is -2.11. The Balaban J connectivity index is 2.44. The second-order valence-corrected chi connectivity index (χ2v) is 4.22. The molecular formula is C15H17NO4. The van der Waals surface area contributed by atoms with Crippen molar-refractivity contribution in [1.29, 1.82) is 0 Å². The van der Waals surface area contributed by atoms with Crippen molar-refractivity contribution in [3.05, 3.63) is 40.7 Å². The normalized spacial score (nSPS) is 10.5. The number of aromatic nitrogens is 1. The summed E-state index contributed by atoms with van der Waals surface area (Å²) >= 11 is 0. The van der Waals surface area contributed by atoms with Gasteiger partial charge in [0, 0.05) is 17.6 Å². The van der Waals surface area contributed by atoms with Crippen molar-refractivity contribution in [2.45, 2.75) is 20.4 Å². The first-order chi connectivity index (χ1) is 9.65. The molecule has 106 valence electrons. The maximum Gasteiger partial charge on any atom is 0.325 e. The average Bonchev–Trinajstić information content (AvgIpc) is 2.43. The first-order valence-electron chi connectivity index (χ1n) is 6.57. The molecular weight excluding hydrogens is 258 g/mol. The molecule has 5 heteroatoms. The molecule has 0 aliphatic rings. The maximum absolute atomic E-state index is 11.9. The molecule has 2 rings (SSSR count). The van der Waals surface area contributed by atoms with E-state index in [1.807, 2.05) is 6.92 Å². The first kappa shape index (κ1) is 14.1. The minimum atomic E-state index is -0.327. The lowest BCUT2D eigenvalue weighted by Crippen LogP contribution is -2.16. The predicted octanol–water partition coefficient (Wildman–Crippen LogP) is 1.96. The fourth-order valence-electron chi connectivity index (χ4n) is 2.03. The Bertz CT molecular complexity index is 675. The Morgan fingerprint density at radius 2 is 2.00 bits per heavy atom. The molecule has 5 nitrogen and oxygen atoms in total. The van der Waals surface area contributed by atoms with Gasteiger partial charge < -0.3 is 14.0 Å². The number of pyridine rings is 1. The van der Waals surface area contributed by atoms with E-state index in [2.05, 4.69) is 0 Å². The van der Waals surface area contributed by atoms with Crippen LogP contribution >= 0.6 is 0 Å². The van der Waals surface area contributed by atoms with Crippen LogP contribution in [0.3, 0.4) is 0 Å². The molecule has 20 heavy (non-hydrogen) atoms. The molecule has 0 saturated heterocycles. The molecule has 0 atom stereocenters. The molecule has 1 aromatic carbocycles. The minimum absolute atomic E-state index is 0.0819. The zero-order valence-corrected chi connectivity index (χ0v) is 11.6. The number of carbonyl (C=O) groups is 1. The van der Waals surface area contributed by atoms with Gasteiger partial charge in [-0.2, -0.15) is 0 Å². The van der Waals surface area contributed by atoms with Crippen LogP contribution in [0, 0.1) is 0 Å². The molecule has 0 aliphatic carbocycles. The maximum atomic E-state index is 11.9. The van der Waals surface area contributed by atoms with Crippen LogP contribution in [-0.2, 0) is 16.1 Å². The Labute approximate surface area is 116 Å². The number of ether oxygens (including phenoxy) is 2. The monoisotopic (exact) mass is 275 g/mol. The van der Waals surface area contributed by atoms with E-state index in [-0.39, 0.29) is 17.9 Å². The van der Waals surface area contributed by atoms with Gasteiger partial charge in [-0.1, -0.05) is 0 Å². The van der Waals surface area contributed by atoms with E-state index in [1.54, 1.807) is 35.9 Å². The zero-order valence-electron chi connectivity index (χ0n) is 11.6. The van der Waals surface area contributed by atoms with Crippen molar-refractivity contribution in [2.75, 3.05) is 13.2 Å². The quantitative estimate of drug-likeness (QED) is 0.783. The van der Waals surface area contributed by atoms with E-state index in [4.69, 9.17) is 9.47 Å². The molecule has 0 aliphatic heterocycles. The van der Waals surface area contributed by atoms with Gasteiger partial charge in [0.05, 0.1) is 18.7 Å². The van der Waals surface area contributed by atoms with Gasteiger partial charge in [0.15, 0.2) is 5.43 Å². The van der Waals surface area contributed by atoms with Gasteiger partial charge in [0.25, 0.3) is 0 Å². The number of fused-ring (bicyclic) bond motifs is 1. The summed E-state index contributed by atoms with van der Waals surface area (Å²) < 4.78 is 12.0. The molecule has 0 fully saturated rings. The van der Waals surface area contributed by atoms with Crippen molar-refractivity contribution in [1.82, 2.24) is 4.57 Å². The predicted molar refractivity (Wildman–Crippen MR) is 76.0 cm³/mol. The number of rotatable bonds is 5. The Hall–Kier alpha value is -2.30. The zero-order chi connectivity index (χ0) is 14.5. The first-order valence-corrected chi connectivity index (χ1v) is 6.57. The highest BCUT2D eigenvalue weighted by molar-refractivity contribution is 5.82. The van der Waals surface area contributed by atoms with Crippen LogP contribution in [0.2, 0.25) is 0 Å². The fourth-order valence-corrected chi connectivity index (χ4v) is 2.03. The number of esters is 1. The van der Waals surface area contributed by atoms with Gasteiger partial charge in [-0.25, -0.2) is 0 Å². The summed E-state index contributed by atoms with van der Waals surface area (Å²) in [6.45, 7) is 4.60. The fraction of sp³-hybridized carbons (Fsp3) is 0.333. The number of carbonyl (C=O) groups excluding carboxylic acids is 1. The molecule has 0 spiro atoms. The van der Waals surface area contributed by atoms with Crippen LogP contribution in [0.1, 0.15) is 13.8 Å². The van der Waals surface area contributed by atoms with E-state index >= 15 is 0 Å². The van der Waals surface area contributed by atoms with Crippen LogP contribution in [0.15, 0.2) is 35.3 Å². The molecule has 0 amide bonds. The summed E-state index contributed by atoms with van der Waals surface area (Å²) in [5, 5.41) is 0.530. The van der Waals surface area contributed by atoms with Gasteiger partial charge in [-0.3, -0.25) is 9.59 Å². The van der Waals surface area contributed by atoms with Gasteiger partial charge in [0.2, 0.25) is 0 Å². The van der Waals surface area contributed by atoms with Crippen LogP contribution in [0.5, 0.6) is 5.75 Å². The summed E-state index contributed by atoms with van der Waals surface area (Å²) in [6, 6.07) is 6.70. The summed E-state index contributed by atoms with van der Waals surface area (Å²) in [5.74, 6) is 0.317. The topological polar surface area (TPSA) is 57.5 Å². The summed E-state index contributed by atoms with van der Waals surface area (Å²) in [6.07, 6.45) is 1.60. The van der Waals surface area contributed by atoms with Gasteiger partial charge in [-0.15, -0.1) is 0 Å². The number of hydrogen-bond donors (Lipinski definition) is 0. The second kappa shape index (κ2) is 6.23. The average molecular weight is 275 g/mol. The van der Waals surface area contributed by atoms with Crippen LogP contribution < -0.4 is 10.2 Å². The lowest BCUT2D eigenvalue weighted by atomic mass is 10.2. The standard InChI is InChI=1S/C15H17NO4/c1-3-19-11-5-6-13-12(9-11)14(17)7-8-16(13)10-15(18)20-4-2/h5-9H,3-4,10H2,1-2H3. The molecule has 0 bridgehead atoms. The van der Waals surface area contributed by atoms with E-state index in [1.165, 1.54) is 6.07 Å². The SMILES string of the molecule is CCOC(=O)Cn1ccc(=O)c2cc(OCC)ccc21. The van der Waals surface area contributed by atoms with Crippen LogP contribution in [0.4, 0.5) is 0 Å². The summed E-state index contributed by atoms with van der Waals surface area (Å²) in [4.78, 5) is 23.5.